The first-order chi connectivity index (χ1) is 14.4. The predicted molar refractivity (Wildman–Crippen MR) is 118 cm³/mol. The second-order valence-corrected chi connectivity index (χ2v) is 8.44. The number of halogens is 2. The molecule has 0 saturated carbocycles. The zero-order valence-electron chi connectivity index (χ0n) is 15.8. The van der Waals surface area contributed by atoms with Crippen LogP contribution in [0.3, 0.4) is 0 Å². The molecule has 4 rings (SSSR count). The zero-order valence-corrected chi connectivity index (χ0v) is 18.7. The van der Waals surface area contributed by atoms with Crippen molar-refractivity contribution >= 4 is 51.2 Å². The summed E-state index contributed by atoms with van der Waals surface area (Å²) in [6.07, 6.45) is -4.35. The number of ether oxygens (including phenoxy) is 1. The molecule has 3 heterocycles. The third kappa shape index (κ3) is 4.10. The third-order valence-corrected chi connectivity index (χ3v) is 5.74. The van der Waals surface area contributed by atoms with Crippen LogP contribution in [0.25, 0.3) is 11.2 Å². The fraction of sp³-hybridized carbons (Fsp3) is 0.389. The van der Waals surface area contributed by atoms with E-state index in [1.807, 2.05) is 24.3 Å². The van der Waals surface area contributed by atoms with Crippen molar-refractivity contribution in [3.8, 4) is 0 Å². The molecular weight excluding hydrogens is 527 g/mol. The van der Waals surface area contributed by atoms with E-state index in [1.54, 1.807) is 0 Å². The van der Waals surface area contributed by atoms with Crippen LogP contribution in [-0.4, -0.2) is 66.4 Å². The summed E-state index contributed by atoms with van der Waals surface area (Å²) in [4.78, 5) is 12.8. The Morgan fingerprint density at radius 1 is 1.30 bits per heavy atom. The number of likely N-dealkylation sites (N-methyl/N-ethyl adjacent to an activating group) is 1. The number of imidazole rings is 1. The Hall–Kier alpha value is -1.61. The second kappa shape index (κ2) is 8.86. The molecule has 0 amide bonds. The highest BCUT2D eigenvalue weighted by molar-refractivity contribution is 14.1. The van der Waals surface area contributed by atoms with E-state index in [4.69, 9.17) is 16.3 Å². The average molecular weight is 547 g/mol. The number of aliphatic hydroxyl groups is 3. The van der Waals surface area contributed by atoms with Crippen LogP contribution in [-0.2, 0) is 11.3 Å². The molecule has 10 nitrogen and oxygen atoms in total. The van der Waals surface area contributed by atoms with Crippen molar-refractivity contribution in [2.45, 2.75) is 37.3 Å². The molecule has 1 aliphatic heterocycles. The molecule has 0 bridgehead atoms. The summed E-state index contributed by atoms with van der Waals surface area (Å²) in [5, 5.41) is 36.5. The second-order valence-electron chi connectivity index (χ2n) is 6.85. The van der Waals surface area contributed by atoms with Gasteiger partial charge in [0.05, 0.1) is 6.33 Å². The number of nitrogens with zero attached hydrogens (tertiary/aromatic N) is 4. The standard InChI is InChI=1S/C18H20ClIN6O4/c1-21-16(29)13-11(27)12(28)17(30-13)26-7-23-10-14(24-18(19)25-15(10)26)22-6-8-3-2-4-9(20)5-8/h2-5,7,11-13,16-17,21,27-29H,6H2,1H3,(H,22,24,25)/t11-,12+,13-,16?,17+/m0/s1. The van der Waals surface area contributed by atoms with Crippen LogP contribution in [0.15, 0.2) is 30.6 Å². The van der Waals surface area contributed by atoms with Crippen LogP contribution in [0.5, 0.6) is 0 Å². The maximum absolute atomic E-state index is 10.5. The van der Waals surface area contributed by atoms with E-state index in [1.165, 1.54) is 17.9 Å². The summed E-state index contributed by atoms with van der Waals surface area (Å²) in [6.45, 7) is 0.504. The largest absolute Gasteiger partial charge is 0.387 e. The first-order valence-electron chi connectivity index (χ1n) is 9.14. The number of rotatable bonds is 6. The molecule has 5 N–H and O–H groups in total. The van der Waals surface area contributed by atoms with Crippen LogP contribution < -0.4 is 10.6 Å². The number of aliphatic hydroxyl groups excluding tert-OH is 3. The minimum absolute atomic E-state index is 0.00534. The molecule has 3 aromatic rings. The van der Waals surface area contributed by atoms with E-state index in [-0.39, 0.29) is 5.28 Å². The van der Waals surface area contributed by atoms with Crippen LogP contribution >= 0.6 is 34.2 Å². The summed E-state index contributed by atoms with van der Waals surface area (Å²) in [6, 6.07) is 8.01. The lowest BCUT2D eigenvalue weighted by Crippen LogP contribution is -2.45. The van der Waals surface area contributed by atoms with Crippen molar-refractivity contribution in [2.75, 3.05) is 12.4 Å². The lowest BCUT2D eigenvalue weighted by atomic mass is 10.1. The van der Waals surface area contributed by atoms with Gasteiger partial charge in [-0.2, -0.15) is 9.97 Å². The average Bonchev–Trinajstić information content (AvgIpc) is 3.27. The van der Waals surface area contributed by atoms with Crippen molar-refractivity contribution in [2.24, 2.45) is 0 Å². The SMILES string of the molecule is CNC(O)[C@H]1O[C@@H](n2cnc3c(NCc4cccc(I)c4)nc(Cl)nc32)[C@H](O)[C@@H]1O. The molecule has 1 fully saturated rings. The lowest BCUT2D eigenvalue weighted by Gasteiger charge is -2.20. The summed E-state index contributed by atoms with van der Waals surface area (Å²) >= 11 is 8.37. The number of benzene rings is 1. The van der Waals surface area contributed by atoms with Gasteiger partial charge in [0.15, 0.2) is 23.2 Å². The highest BCUT2D eigenvalue weighted by Gasteiger charge is 2.47. The van der Waals surface area contributed by atoms with Gasteiger partial charge in [-0.25, -0.2) is 4.98 Å². The van der Waals surface area contributed by atoms with E-state index < -0.39 is 30.8 Å². The van der Waals surface area contributed by atoms with Gasteiger partial charge < -0.3 is 25.4 Å². The number of fused-ring (bicyclic) bond motifs is 1. The molecule has 0 spiro atoms. The number of nitrogens with one attached hydrogen (secondary N) is 2. The van der Waals surface area contributed by atoms with Crippen molar-refractivity contribution in [3.63, 3.8) is 0 Å². The van der Waals surface area contributed by atoms with E-state index in [0.29, 0.717) is 23.5 Å². The van der Waals surface area contributed by atoms with E-state index in [0.717, 1.165) is 9.13 Å². The lowest BCUT2D eigenvalue weighted by molar-refractivity contribution is -0.0911. The first kappa shape index (κ1) is 21.6. The van der Waals surface area contributed by atoms with E-state index in [2.05, 4.69) is 48.2 Å². The molecule has 12 heteroatoms. The molecule has 30 heavy (non-hydrogen) atoms. The van der Waals surface area contributed by atoms with Gasteiger partial charge in [0, 0.05) is 10.1 Å². The molecule has 1 unspecified atom stereocenters. The quantitative estimate of drug-likeness (QED) is 0.173. The van der Waals surface area contributed by atoms with Crippen LogP contribution in [0.1, 0.15) is 11.8 Å². The molecule has 5 atom stereocenters. The normalized spacial score (nSPS) is 25.0. The van der Waals surface area contributed by atoms with Crippen molar-refractivity contribution in [1.29, 1.82) is 0 Å². The van der Waals surface area contributed by atoms with Crippen LogP contribution in [0.2, 0.25) is 5.28 Å². The number of anilines is 1. The van der Waals surface area contributed by atoms with Gasteiger partial charge in [-0.05, 0) is 58.9 Å². The number of aromatic nitrogens is 4. The Morgan fingerprint density at radius 3 is 2.83 bits per heavy atom. The Balaban J connectivity index is 1.64. The summed E-state index contributed by atoms with van der Waals surface area (Å²) in [7, 11) is 1.52. The van der Waals surface area contributed by atoms with Gasteiger partial charge in [-0.15, -0.1) is 0 Å². The topological polar surface area (TPSA) is 138 Å². The van der Waals surface area contributed by atoms with Gasteiger partial charge in [0.2, 0.25) is 5.28 Å². The maximum atomic E-state index is 10.5. The molecule has 1 aliphatic rings. The highest BCUT2D eigenvalue weighted by Crippen LogP contribution is 2.33. The summed E-state index contributed by atoms with van der Waals surface area (Å²) in [5.41, 5.74) is 1.83. The van der Waals surface area contributed by atoms with Gasteiger partial charge >= 0.3 is 0 Å². The van der Waals surface area contributed by atoms with E-state index >= 15 is 0 Å². The Bertz CT molecular complexity index is 1050. The molecule has 1 saturated heterocycles. The molecule has 0 radical (unpaired) electrons. The molecule has 2 aromatic heterocycles. The maximum Gasteiger partial charge on any atom is 0.226 e. The first-order valence-corrected chi connectivity index (χ1v) is 10.6. The Morgan fingerprint density at radius 2 is 2.10 bits per heavy atom. The van der Waals surface area contributed by atoms with Gasteiger partial charge in [0.1, 0.15) is 24.5 Å². The fourth-order valence-corrected chi connectivity index (χ4v) is 4.14. The van der Waals surface area contributed by atoms with Gasteiger partial charge in [-0.3, -0.25) is 9.88 Å². The number of hydrogen-bond acceptors (Lipinski definition) is 9. The monoisotopic (exact) mass is 546 g/mol. The molecule has 1 aromatic carbocycles. The Kier molecular flexibility index (Phi) is 6.39. The van der Waals surface area contributed by atoms with Crippen LogP contribution in [0.4, 0.5) is 5.82 Å². The van der Waals surface area contributed by atoms with Gasteiger partial charge in [0.25, 0.3) is 0 Å². The summed E-state index contributed by atoms with van der Waals surface area (Å²) in [5.74, 6) is 0.433. The Labute approximate surface area is 190 Å². The van der Waals surface area contributed by atoms with Crippen molar-refractivity contribution in [3.05, 3.63) is 45.0 Å². The van der Waals surface area contributed by atoms with Crippen molar-refractivity contribution < 1.29 is 20.1 Å². The smallest absolute Gasteiger partial charge is 0.226 e. The number of hydrogen-bond donors (Lipinski definition) is 5. The predicted octanol–water partition coefficient (Wildman–Crippen LogP) is 0.853. The minimum atomic E-state index is -1.30. The fourth-order valence-electron chi connectivity index (χ4n) is 3.37. The molecule has 160 valence electrons. The van der Waals surface area contributed by atoms with Crippen LogP contribution in [0, 0.1) is 3.57 Å². The van der Waals surface area contributed by atoms with E-state index in [9.17, 15) is 15.3 Å². The van der Waals surface area contributed by atoms with Gasteiger partial charge in [-0.1, -0.05) is 12.1 Å². The van der Waals surface area contributed by atoms with Crippen molar-refractivity contribution in [1.82, 2.24) is 24.8 Å². The highest BCUT2D eigenvalue weighted by atomic mass is 127. The molecule has 0 aliphatic carbocycles. The molecular formula is C18H20ClIN6O4. The third-order valence-electron chi connectivity index (χ3n) is 4.90. The minimum Gasteiger partial charge on any atom is -0.387 e. The zero-order chi connectivity index (χ0) is 21.4. The summed E-state index contributed by atoms with van der Waals surface area (Å²) < 4.78 is 8.28.